The van der Waals surface area contributed by atoms with E-state index >= 15 is 0 Å². The lowest BCUT2D eigenvalue weighted by Gasteiger charge is -2.34. The minimum absolute atomic E-state index is 0.164. The predicted octanol–water partition coefficient (Wildman–Crippen LogP) is 3.27. The average Bonchev–Trinajstić information content (AvgIpc) is 2.83. The lowest BCUT2D eigenvalue weighted by molar-refractivity contribution is -0.385. The quantitative estimate of drug-likeness (QED) is 0.467. The number of rotatable bonds is 4. The van der Waals surface area contributed by atoms with Gasteiger partial charge in [0, 0.05) is 37.8 Å². The summed E-state index contributed by atoms with van der Waals surface area (Å²) >= 11 is 0. The Morgan fingerprint density at radius 2 is 1.21 bits per heavy atom. The van der Waals surface area contributed by atoms with E-state index in [0.717, 1.165) is 23.3 Å². The fourth-order valence-corrected chi connectivity index (χ4v) is 3.78. The van der Waals surface area contributed by atoms with Crippen molar-refractivity contribution in [2.45, 2.75) is 0 Å². The molecule has 4 rings (SSSR count). The van der Waals surface area contributed by atoms with Crippen LogP contribution in [0.3, 0.4) is 0 Å². The minimum atomic E-state index is -0.658. The molecule has 1 aliphatic heterocycles. The van der Waals surface area contributed by atoms with Gasteiger partial charge in [-0.05, 0) is 47.5 Å². The summed E-state index contributed by atoms with van der Waals surface area (Å²) in [6.07, 6.45) is 0. The van der Waals surface area contributed by atoms with Crippen molar-refractivity contribution in [3.05, 3.63) is 88.0 Å². The summed E-state index contributed by atoms with van der Waals surface area (Å²) in [4.78, 5) is 39.4. The second kappa shape index (κ2) is 8.99. The van der Waals surface area contributed by atoms with Crippen molar-refractivity contribution < 1.29 is 24.7 Å². The number of amides is 2. The zero-order chi connectivity index (χ0) is 23.5. The van der Waals surface area contributed by atoms with Crippen molar-refractivity contribution in [1.29, 1.82) is 0 Å². The Kier molecular flexibility index (Phi) is 5.95. The summed E-state index contributed by atoms with van der Waals surface area (Å²) in [5, 5.41) is 30.3. The van der Waals surface area contributed by atoms with E-state index in [2.05, 4.69) is 0 Å². The summed E-state index contributed by atoms with van der Waals surface area (Å²) in [5.41, 5.74) is 1.80. The summed E-state index contributed by atoms with van der Waals surface area (Å²) in [5.74, 6) is -0.763. The van der Waals surface area contributed by atoms with E-state index in [-0.39, 0.29) is 54.8 Å². The van der Waals surface area contributed by atoms with Crippen molar-refractivity contribution >= 4 is 17.5 Å². The standard InChI is InChI=1S/C24H21N3O6/c28-19-7-5-17(6-8-19)16-1-3-18(4-2-16)23(30)25-11-13-26(14-12-25)24(31)21-15-20(29)9-10-22(21)27(32)33/h1-10,15,28-29H,11-14H2. The smallest absolute Gasteiger partial charge is 0.282 e. The van der Waals surface area contributed by atoms with Crippen LogP contribution in [0.1, 0.15) is 20.7 Å². The maximum Gasteiger partial charge on any atom is 0.282 e. The van der Waals surface area contributed by atoms with Gasteiger partial charge in [0.05, 0.1) is 4.92 Å². The Bertz CT molecular complexity index is 1200. The topological polar surface area (TPSA) is 124 Å². The van der Waals surface area contributed by atoms with Crippen LogP contribution in [0, 0.1) is 10.1 Å². The second-order valence-electron chi connectivity index (χ2n) is 7.67. The lowest BCUT2D eigenvalue weighted by atomic mass is 10.0. The molecule has 0 bridgehead atoms. The van der Waals surface area contributed by atoms with E-state index < -0.39 is 10.8 Å². The molecule has 0 aromatic heterocycles. The van der Waals surface area contributed by atoms with Gasteiger partial charge in [0.25, 0.3) is 17.5 Å². The Labute approximate surface area is 189 Å². The summed E-state index contributed by atoms with van der Waals surface area (Å²) in [6, 6.07) is 17.3. The van der Waals surface area contributed by atoms with Gasteiger partial charge < -0.3 is 20.0 Å². The van der Waals surface area contributed by atoms with Crippen molar-refractivity contribution in [2.24, 2.45) is 0 Å². The number of nitro benzene ring substituents is 1. The highest BCUT2D eigenvalue weighted by Crippen LogP contribution is 2.26. The van der Waals surface area contributed by atoms with Crippen LogP contribution in [0.25, 0.3) is 11.1 Å². The number of aromatic hydroxyl groups is 2. The summed E-state index contributed by atoms with van der Waals surface area (Å²) in [6.45, 7) is 1.03. The lowest BCUT2D eigenvalue weighted by Crippen LogP contribution is -2.50. The Morgan fingerprint density at radius 3 is 1.76 bits per heavy atom. The van der Waals surface area contributed by atoms with Gasteiger partial charge in [0.2, 0.25) is 0 Å². The number of phenols is 2. The average molecular weight is 447 g/mol. The molecule has 0 radical (unpaired) electrons. The van der Waals surface area contributed by atoms with Crippen molar-refractivity contribution in [3.63, 3.8) is 0 Å². The number of carbonyl (C=O) groups is 2. The number of phenolic OH excluding ortho intramolecular Hbond substituents is 2. The first-order chi connectivity index (χ1) is 15.8. The summed E-state index contributed by atoms with van der Waals surface area (Å²) < 4.78 is 0. The number of nitro groups is 1. The number of hydrogen-bond acceptors (Lipinski definition) is 6. The maximum absolute atomic E-state index is 12.9. The van der Waals surface area contributed by atoms with E-state index in [9.17, 15) is 29.9 Å². The van der Waals surface area contributed by atoms with Crippen LogP contribution < -0.4 is 0 Å². The highest BCUT2D eigenvalue weighted by Gasteiger charge is 2.29. The molecule has 0 saturated carbocycles. The first-order valence-electron chi connectivity index (χ1n) is 10.3. The summed E-state index contributed by atoms with van der Waals surface area (Å²) in [7, 11) is 0. The predicted molar refractivity (Wildman–Crippen MR) is 120 cm³/mol. The van der Waals surface area contributed by atoms with Gasteiger partial charge in [-0.25, -0.2) is 0 Å². The molecule has 3 aromatic carbocycles. The fourth-order valence-electron chi connectivity index (χ4n) is 3.78. The van der Waals surface area contributed by atoms with Crippen LogP contribution in [0.5, 0.6) is 11.5 Å². The molecule has 0 aliphatic carbocycles. The van der Waals surface area contributed by atoms with Gasteiger partial charge in [-0.1, -0.05) is 24.3 Å². The first kappa shape index (κ1) is 21.8. The van der Waals surface area contributed by atoms with Gasteiger partial charge in [-0.3, -0.25) is 19.7 Å². The second-order valence-corrected chi connectivity index (χ2v) is 7.67. The van der Waals surface area contributed by atoms with Crippen LogP contribution in [-0.4, -0.2) is 62.9 Å². The zero-order valence-electron chi connectivity index (χ0n) is 17.5. The number of benzene rings is 3. The molecule has 1 aliphatic rings. The highest BCUT2D eigenvalue weighted by atomic mass is 16.6. The van der Waals surface area contributed by atoms with E-state index in [1.807, 2.05) is 12.1 Å². The first-order valence-corrected chi connectivity index (χ1v) is 10.3. The van der Waals surface area contributed by atoms with Gasteiger partial charge in [0.1, 0.15) is 17.1 Å². The minimum Gasteiger partial charge on any atom is -0.508 e. The van der Waals surface area contributed by atoms with Crippen LogP contribution in [0.15, 0.2) is 66.7 Å². The van der Waals surface area contributed by atoms with Crippen molar-refractivity contribution in [3.8, 4) is 22.6 Å². The van der Waals surface area contributed by atoms with Gasteiger partial charge >= 0.3 is 0 Å². The molecule has 3 aromatic rings. The molecule has 0 atom stereocenters. The van der Waals surface area contributed by atoms with Crippen molar-refractivity contribution in [1.82, 2.24) is 9.80 Å². The molecule has 168 valence electrons. The van der Waals surface area contributed by atoms with Crippen molar-refractivity contribution in [2.75, 3.05) is 26.2 Å². The van der Waals surface area contributed by atoms with Gasteiger partial charge in [0.15, 0.2) is 0 Å². The van der Waals surface area contributed by atoms with E-state index in [1.54, 1.807) is 41.3 Å². The Hall–Kier alpha value is -4.40. The molecule has 1 fully saturated rings. The Balaban J connectivity index is 1.41. The molecule has 0 unspecified atom stereocenters. The van der Waals surface area contributed by atoms with E-state index in [0.29, 0.717) is 5.56 Å². The van der Waals surface area contributed by atoms with E-state index in [1.165, 1.54) is 11.0 Å². The van der Waals surface area contributed by atoms with Gasteiger partial charge in [-0.15, -0.1) is 0 Å². The van der Waals surface area contributed by atoms with Crippen LogP contribution >= 0.6 is 0 Å². The molecular formula is C24H21N3O6. The molecule has 2 N–H and O–H groups in total. The molecule has 2 amide bonds. The van der Waals surface area contributed by atoms with Crippen LogP contribution in [0.2, 0.25) is 0 Å². The molecule has 0 spiro atoms. The largest absolute Gasteiger partial charge is 0.508 e. The fraction of sp³-hybridized carbons (Fsp3) is 0.167. The SMILES string of the molecule is O=C(c1ccc(-c2ccc(O)cc2)cc1)N1CCN(C(=O)c2cc(O)ccc2[N+](=O)[O-])CC1. The van der Waals surface area contributed by atoms with Crippen LogP contribution in [-0.2, 0) is 0 Å². The molecule has 9 nitrogen and oxygen atoms in total. The van der Waals surface area contributed by atoms with Gasteiger partial charge in [-0.2, -0.15) is 0 Å². The Morgan fingerprint density at radius 1 is 0.727 bits per heavy atom. The third kappa shape index (κ3) is 4.62. The molecule has 33 heavy (non-hydrogen) atoms. The molecule has 1 saturated heterocycles. The normalized spacial score (nSPS) is 13.6. The maximum atomic E-state index is 12.9. The van der Waals surface area contributed by atoms with Crippen LogP contribution in [0.4, 0.5) is 5.69 Å². The zero-order valence-corrected chi connectivity index (χ0v) is 17.5. The number of piperazine rings is 1. The monoisotopic (exact) mass is 447 g/mol. The van der Waals surface area contributed by atoms with E-state index in [4.69, 9.17) is 0 Å². The number of nitrogens with zero attached hydrogens (tertiary/aromatic N) is 3. The highest BCUT2D eigenvalue weighted by molar-refractivity contribution is 5.99. The molecule has 9 heteroatoms. The number of carbonyl (C=O) groups excluding carboxylic acids is 2. The molecule has 1 heterocycles. The number of hydrogen-bond donors (Lipinski definition) is 2. The third-order valence-electron chi connectivity index (χ3n) is 5.59. The third-order valence-corrected chi connectivity index (χ3v) is 5.59. The molecular weight excluding hydrogens is 426 g/mol.